The molecule has 0 saturated carbocycles. The summed E-state index contributed by atoms with van der Waals surface area (Å²) in [6, 6.07) is 0. The van der Waals surface area contributed by atoms with Crippen molar-refractivity contribution in [1.82, 2.24) is 0 Å². The Morgan fingerprint density at radius 2 is 2.29 bits per heavy atom. The number of ether oxygens (including phenoxy) is 1. The molecule has 0 spiro atoms. The van der Waals surface area contributed by atoms with Gasteiger partial charge in [-0.1, -0.05) is 0 Å². The van der Waals surface area contributed by atoms with Gasteiger partial charge in [0.25, 0.3) is 0 Å². The molecule has 1 nitrogen and oxygen atoms in total. The van der Waals surface area contributed by atoms with Crippen molar-refractivity contribution in [2.45, 2.75) is 6.42 Å². The lowest BCUT2D eigenvalue weighted by Crippen LogP contribution is -2.39. The summed E-state index contributed by atoms with van der Waals surface area (Å²) >= 11 is 0. The van der Waals surface area contributed by atoms with Gasteiger partial charge >= 0.3 is 0 Å². The molecule has 0 bridgehead atoms. The lowest BCUT2D eigenvalue weighted by Gasteiger charge is -2.32. The van der Waals surface area contributed by atoms with Crippen LogP contribution >= 0.6 is 0 Å². The van der Waals surface area contributed by atoms with E-state index in [1.165, 1.54) is 0 Å². The topological polar surface area (TPSA) is 9.23 Å². The van der Waals surface area contributed by atoms with Gasteiger partial charge in [0.1, 0.15) is 5.41 Å². The van der Waals surface area contributed by atoms with Crippen molar-refractivity contribution in [3.8, 4) is 0 Å². The quantitative estimate of drug-likeness (QED) is 0.445. The largest absolute Gasteiger partial charge is 0.371 e. The van der Waals surface area contributed by atoms with Crippen LogP contribution in [0.3, 0.4) is 0 Å². The first kappa shape index (κ1) is 4.98. The molecule has 0 aromatic carbocycles. The Morgan fingerprint density at radius 3 is 2.29 bits per heavy atom. The van der Waals surface area contributed by atoms with Crippen LogP contribution in [0.5, 0.6) is 0 Å². The van der Waals surface area contributed by atoms with Crippen molar-refractivity contribution in [2.24, 2.45) is 5.41 Å². The molecule has 0 N–H and O–H groups in total. The van der Waals surface area contributed by atoms with Crippen LogP contribution in [0.2, 0.25) is 0 Å². The van der Waals surface area contributed by atoms with Crippen LogP contribution in [0, 0.1) is 19.3 Å². The Kier molecular flexibility index (Phi) is 1.00. The van der Waals surface area contributed by atoms with Crippen LogP contribution < -0.4 is 0 Å². The van der Waals surface area contributed by atoms with E-state index in [-0.39, 0.29) is 5.41 Å². The highest BCUT2D eigenvalue weighted by molar-refractivity contribution is 4.88. The Balaban J connectivity index is 2.29. The molecule has 40 valence electrons. The maximum atomic E-state index is 4.93. The van der Waals surface area contributed by atoms with Gasteiger partial charge in [0.05, 0.1) is 20.1 Å². The molecule has 0 amide bonds. The van der Waals surface area contributed by atoms with Crippen LogP contribution in [-0.2, 0) is 4.74 Å². The van der Waals surface area contributed by atoms with Gasteiger partial charge in [-0.3, -0.25) is 0 Å². The maximum absolute atomic E-state index is 4.93. The van der Waals surface area contributed by atoms with Gasteiger partial charge in [-0.25, -0.2) is 0 Å². The third kappa shape index (κ3) is 0.729. The molecule has 1 aliphatic heterocycles. The molecule has 1 aliphatic rings. The molecule has 1 fully saturated rings. The van der Waals surface area contributed by atoms with Gasteiger partial charge in [-0.2, -0.15) is 0 Å². The number of hydrogen-bond acceptors (Lipinski definition) is 1. The second-order valence-electron chi connectivity index (χ2n) is 2.24. The van der Waals surface area contributed by atoms with Crippen molar-refractivity contribution in [2.75, 3.05) is 13.2 Å². The maximum Gasteiger partial charge on any atom is 0.125 e. The molecule has 1 saturated heterocycles. The SMILES string of the molecule is [CH2+]C1(C[CH2-])COC1. The molecule has 1 heterocycles. The predicted molar refractivity (Wildman–Crippen MR) is 28.6 cm³/mol. The minimum Gasteiger partial charge on any atom is -0.371 e. The molecule has 0 aromatic heterocycles. The minimum absolute atomic E-state index is 0.181. The second-order valence-corrected chi connectivity index (χ2v) is 2.24. The smallest absolute Gasteiger partial charge is 0.125 e. The monoisotopic (exact) mass is 98.1 g/mol. The highest BCUT2D eigenvalue weighted by Gasteiger charge is 2.35. The van der Waals surface area contributed by atoms with E-state index in [0.29, 0.717) is 0 Å². The summed E-state index contributed by atoms with van der Waals surface area (Å²) in [4.78, 5) is 0. The van der Waals surface area contributed by atoms with Crippen molar-refractivity contribution < 1.29 is 4.74 Å². The third-order valence-corrected chi connectivity index (χ3v) is 1.35. The van der Waals surface area contributed by atoms with Crippen molar-refractivity contribution in [3.63, 3.8) is 0 Å². The summed E-state index contributed by atoms with van der Waals surface area (Å²) in [5.41, 5.74) is 0.181. The predicted octanol–water partition coefficient (Wildman–Crippen LogP) is 1.06. The van der Waals surface area contributed by atoms with Gasteiger partial charge in [-0.15, -0.1) is 6.42 Å². The van der Waals surface area contributed by atoms with E-state index in [0.717, 1.165) is 19.6 Å². The molecule has 1 heteroatoms. The van der Waals surface area contributed by atoms with Gasteiger partial charge in [-0.05, 0) is 0 Å². The Morgan fingerprint density at radius 1 is 1.71 bits per heavy atom. The fraction of sp³-hybridized carbons (Fsp3) is 0.667. The van der Waals surface area contributed by atoms with Gasteiger partial charge in [0.15, 0.2) is 0 Å². The van der Waals surface area contributed by atoms with E-state index < -0.39 is 0 Å². The Hall–Kier alpha value is -0.170. The number of rotatable bonds is 1. The lowest BCUT2D eigenvalue weighted by atomic mass is 9.86. The van der Waals surface area contributed by atoms with Gasteiger partial charge < -0.3 is 11.7 Å². The summed E-state index contributed by atoms with van der Waals surface area (Å²) in [7, 11) is 0. The molecule has 0 radical (unpaired) electrons. The van der Waals surface area contributed by atoms with Crippen LogP contribution in [0.25, 0.3) is 0 Å². The van der Waals surface area contributed by atoms with E-state index in [9.17, 15) is 0 Å². The third-order valence-electron chi connectivity index (χ3n) is 1.35. The zero-order valence-electron chi connectivity index (χ0n) is 4.44. The van der Waals surface area contributed by atoms with Gasteiger partial charge in [0, 0.05) is 0 Å². The summed E-state index contributed by atoms with van der Waals surface area (Å²) in [6.45, 7) is 9.25. The second kappa shape index (κ2) is 1.41. The summed E-state index contributed by atoms with van der Waals surface area (Å²) in [5, 5.41) is 0. The first-order valence-corrected chi connectivity index (χ1v) is 2.49. The minimum atomic E-state index is 0.181. The molecule has 0 aliphatic carbocycles. The zero-order chi connectivity index (χ0) is 5.33. The van der Waals surface area contributed by atoms with Crippen LogP contribution in [0.15, 0.2) is 0 Å². The Bertz CT molecular complexity index is 59.1. The van der Waals surface area contributed by atoms with Crippen molar-refractivity contribution in [1.29, 1.82) is 0 Å². The normalized spacial score (nSPS) is 26.4. The molecule has 0 atom stereocenters. The van der Waals surface area contributed by atoms with Gasteiger partial charge in [0.2, 0.25) is 0 Å². The molecule has 7 heavy (non-hydrogen) atoms. The molecule has 1 rings (SSSR count). The zero-order valence-corrected chi connectivity index (χ0v) is 4.44. The molecular weight excluding hydrogens is 88.1 g/mol. The fourth-order valence-corrected chi connectivity index (χ4v) is 0.535. The van der Waals surface area contributed by atoms with E-state index in [4.69, 9.17) is 4.74 Å². The van der Waals surface area contributed by atoms with Crippen molar-refractivity contribution >= 4 is 0 Å². The first-order chi connectivity index (χ1) is 3.27. The summed E-state index contributed by atoms with van der Waals surface area (Å²) in [5.74, 6) is 0. The molecular formula is C6H10O. The van der Waals surface area contributed by atoms with E-state index in [1.807, 2.05) is 0 Å². The molecule has 0 unspecified atom stereocenters. The van der Waals surface area contributed by atoms with Crippen LogP contribution in [-0.4, -0.2) is 13.2 Å². The first-order valence-electron chi connectivity index (χ1n) is 2.49. The average Bonchev–Trinajstić information content (AvgIpc) is 1.61. The number of hydrogen-bond donors (Lipinski definition) is 0. The van der Waals surface area contributed by atoms with E-state index in [1.54, 1.807) is 0 Å². The lowest BCUT2D eigenvalue weighted by molar-refractivity contribution is -0.0824. The van der Waals surface area contributed by atoms with Crippen LogP contribution in [0.1, 0.15) is 6.42 Å². The van der Waals surface area contributed by atoms with Crippen molar-refractivity contribution in [3.05, 3.63) is 13.8 Å². The standard InChI is InChI=1S/C6H10O/c1-3-6(2)4-7-5-6/h1-5H2. The fourth-order valence-electron chi connectivity index (χ4n) is 0.535. The average molecular weight is 98.1 g/mol. The highest BCUT2D eigenvalue weighted by atomic mass is 16.5. The van der Waals surface area contributed by atoms with E-state index in [2.05, 4.69) is 13.8 Å². The summed E-state index contributed by atoms with van der Waals surface area (Å²) < 4.78 is 4.93. The van der Waals surface area contributed by atoms with E-state index >= 15 is 0 Å². The highest BCUT2D eigenvalue weighted by Crippen LogP contribution is 2.28. The Labute approximate surface area is 44.7 Å². The summed E-state index contributed by atoms with van der Waals surface area (Å²) in [6.07, 6.45) is 0.896. The van der Waals surface area contributed by atoms with Crippen LogP contribution in [0.4, 0.5) is 0 Å². The molecule has 0 aromatic rings.